The van der Waals surface area contributed by atoms with Gasteiger partial charge in [-0.2, -0.15) is 0 Å². The lowest BCUT2D eigenvalue weighted by Gasteiger charge is -2.50. The third-order valence-electron chi connectivity index (χ3n) is 7.42. The Morgan fingerprint density at radius 3 is 2.27 bits per heavy atom. The molecular formula is C21H38N6O12S. The molecule has 0 aromatic rings. The molecule has 40 heavy (non-hydrogen) atoms. The maximum absolute atomic E-state index is 12.1. The SMILES string of the molecule is CN[C@@H]1[C@H](O[C@H]2[C@H](O[C@]3(S)[C@H](O)[C@@H](O)[C@H](N=CN)[C@@H](O)[C@@H]3N=C(N)N)O[C@@H](C)[C@]2(O)C=O)O[C@@H](CO)[C@H](O)[C@H]1O. The summed E-state index contributed by atoms with van der Waals surface area (Å²) in [5.74, 6) is -0.557. The number of carbonyl (C=O) groups excluding carboxylic acids is 1. The van der Waals surface area contributed by atoms with E-state index in [0.717, 1.165) is 6.34 Å². The highest BCUT2D eigenvalue weighted by atomic mass is 32.1. The molecule has 2 heterocycles. The average Bonchev–Trinajstić information content (AvgIpc) is 3.14. The first-order chi connectivity index (χ1) is 18.7. The summed E-state index contributed by atoms with van der Waals surface area (Å²) >= 11 is 4.38. The molecule has 19 heteroatoms. The minimum Gasteiger partial charge on any atom is -0.394 e. The van der Waals surface area contributed by atoms with E-state index in [1.807, 2.05) is 0 Å². The number of nitrogens with zero attached hydrogens (tertiary/aromatic N) is 2. The maximum Gasteiger partial charge on any atom is 0.189 e. The Labute approximate surface area is 234 Å². The summed E-state index contributed by atoms with van der Waals surface area (Å²) in [7, 11) is 1.41. The molecule has 0 aromatic heterocycles. The lowest BCUT2D eigenvalue weighted by molar-refractivity contribution is -0.317. The van der Waals surface area contributed by atoms with E-state index in [1.165, 1.54) is 14.0 Å². The summed E-state index contributed by atoms with van der Waals surface area (Å²) in [6.45, 7) is 0.602. The van der Waals surface area contributed by atoms with E-state index < -0.39 is 103 Å². The topological polar surface area (TPSA) is 310 Å². The molecule has 230 valence electrons. The summed E-state index contributed by atoms with van der Waals surface area (Å²) in [6.07, 6.45) is -15.3. The monoisotopic (exact) mass is 598 g/mol. The molecule has 0 aromatic carbocycles. The molecule has 0 spiro atoms. The Kier molecular flexibility index (Phi) is 10.4. The third-order valence-corrected chi connectivity index (χ3v) is 8.06. The van der Waals surface area contributed by atoms with Crippen molar-refractivity contribution in [2.45, 2.75) is 97.0 Å². The molecule has 2 saturated heterocycles. The van der Waals surface area contributed by atoms with Gasteiger partial charge in [-0.25, -0.2) is 4.99 Å². The molecular weight excluding hydrogens is 560 g/mol. The van der Waals surface area contributed by atoms with Crippen LogP contribution in [0.2, 0.25) is 0 Å². The van der Waals surface area contributed by atoms with Crippen LogP contribution >= 0.6 is 12.6 Å². The first-order valence-corrected chi connectivity index (χ1v) is 12.7. The van der Waals surface area contributed by atoms with Crippen LogP contribution in [0.15, 0.2) is 9.98 Å². The Morgan fingerprint density at radius 1 is 1.10 bits per heavy atom. The van der Waals surface area contributed by atoms with Gasteiger partial charge in [0.15, 0.2) is 35.4 Å². The van der Waals surface area contributed by atoms with Crippen LogP contribution in [0.4, 0.5) is 0 Å². The number of nitrogens with one attached hydrogen (secondary N) is 1. The van der Waals surface area contributed by atoms with Gasteiger partial charge < -0.3 is 77.2 Å². The number of likely N-dealkylation sites (N-methyl/N-ethyl adjacent to an activating group) is 1. The van der Waals surface area contributed by atoms with Crippen LogP contribution in [0.5, 0.6) is 0 Å². The van der Waals surface area contributed by atoms with Crippen LogP contribution in [0.1, 0.15) is 6.92 Å². The maximum atomic E-state index is 12.1. The quantitative estimate of drug-likeness (QED) is 0.0385. The van der Waals surface area contributed by atoms with Gasteiger partial charge in [-0.15, -0.1) is 12.6 Å². The summed E-state index contributed by atoms with van der Waals surface area (Å²) in [5.41, 5.74) is 13.9. The molecule has 18 nitrogen and oxygen atoms in total. The molecule has 3 aliphatic rings. The molecule has 0 unspecified atom stereocenters. The fraction of sp³-hybridized carbons (Fsp3) is 0.857. The minimum atomic E-state index is -2.42. The minimum absolute atomic E-state index is 0.128. The van der Waals surface area contributed by atoms with Gasteiger partial charge in [0, 0.05) is 0 Å². The number of hydrogen-bond donors (Lipinski definition) is 12. The second-order valence-corrected chi connectivity index (χ2v) is 10.5. The second-order valence-electron chi connectivity index (χ2n) is 9.81. The number of nitrogens with two attached hydrogens (primary N) is 3. The van der Waals surface area contributed by atoms with E-state index in [-0.39, 0.29) is 6.29 Å². The highest BCUT2D eigenvalue weighted by molar-refractivity contribution is 7.81. The standard InChI is InChI=1S/C21H38N6O12S/c1-6-20(35,4-29)16(38-17-9(25-2)11(31)10(30)7(3-28)37-17)18(36-6)39-21(40)14(27-19(23)24)12(32)8(26-5-22)13(33)15(21)34/h4-18,25,28,30-35,40H,3H2,1-2H3,(H2,22,26)(H4,23,24,27)/t6-,7-,8+,9-,10-,11-,12+,13-,14-,15+,16-,17-,18-,20+,21+/m0/s1. The van der Waals surface area contributed by atoms with Crippen LogP contribution in [0, 0.1) is 0 Å². The van der Waals surface area contributed by atoms with Crippen LogP contribution in [-0.2, 0) is 23.7 Å². The number of aliphatic imine (C=N–C) groups is 2. The summed E-state index contributed by atoms with van der Waals surface area (Å²) < 4.78 is 23.0. The number of ether oxygens (including phenoxy) is 4. The Bertz CT molecular complexity index is 950. The molecule has 3 rings (SSSR count). The zero-order chi connectivity index (χ0) is 30.2. The van der Waals surface area contributed by atoms with Gasteiger partial charge in [-0.3, -0.25) is 9.79 Å². The van der Waals surface area contributed by atoms with Crippen molar-refractivity contribution in [1.29, 1.82) is 0 Å². The van der Waals surface area contributed by atoms with Crippen LogP contribution < -0.4 is 22.5 Å². The number of aliphatic hydroxyl groups excluding tert-OH is 6. The number of hydrogen-bond acceptors (Lipinski definition) is 16. The van der Waals surface area contributed by atoms with E-state index in [9.17, 15) is 40.5 Å². The lowest BCUT2D eigenvalue weighted by atomic mass is 9.81. The number of aldehydes is 1. The van der Waals surface area contributed by atoms with Crippen molar-refractivity contribution in [3.05, 3.63) is 0 Å². The van der Waals surface area contributed by atoms with Gasteiger partial charge in [-0.1, -0.05) is 0 Å². The molecule has 0 amide bonds. The molecule has 0 bridgehead atoms. The average molecular weight is 599 g/mol. The Morgan fingerprint density at radius 2 is 1.75 bits per heavy atom. The van der Waals surface area contributed by atoms with Crippen LogP contribution in [-0.4, -0.2) is 158 Å². The van der Waals surface area contributed by atoms with E-state index in [0.29, 0.717) is 0 Å². The van der Waals surface area contributed by atoms with E-state index in [4.69, 9.17) is 36.1 Å². The molecule has 14 N–H and O–H groups in total. The molecule has 2 aliphatic heterocycles. The highest BCUT2D eigenvalue weighted by Gasteiger charge is 2.64. The second kappa shape index (κ2) is 12.7. The molecule has 15 atom stereocenters. The van der Waals surface area contributed by atoms with Crippen LogP contribution in [0.3, 0.4) is 0 Å². The first-order valence-electron chi connectivity index (χ1n) is 12.3. The molecule has 3 fully saturated rings. The lowest BCUT2D eigenvalue weighted by Crippen LogP contribution is -2.70. The zero-order valence-corrected chi connectivity index (χ0v) is 22.5. The van der Waals surface area contributed by atoms with Crippen molar-refractivity contribution in [2.24, 2.45) is 27.2 Å². The van der Waals surface area contributed by atoms with Crippen molar-refractivity contribution in [3.63, 3.8) is 0 Å². The normalized spacial score (nSPS) is 49.7. The van der Waals surface area contributed by atoms with E-state index >= 15 is 0 Å². The Hall–Kier alpha value is -1.72. The fourth-order valence-electron chi connectivity index (χ4n) is 5.08. The predicted octanol–water partition coefficient (Wildman–Crippen LogP) is -7.19. The predicted molar refractivity (Wildman–Crippen MR) is 138 cm³/mol. The van der Waals surface area contributed by atoms with E-state index in [2.05, 4.69) is 27.9 Å². The fourth-order valence-corrected chi connectivity index (χ4v) is 5.54. The first kappa shape index (κ1) is 32.8. The number of rotatable bonds is 9. The third kappa shape index (κ3) is 5.67. The van der Waals surface area contributed by atoms with Gasteiger partial charge in [0.1, 0.15) is 54.8 Å². The van der Waals surface area contributed by atoms with E-state index in [1.54, 1.807) is 0 Å². The Balaban J connectivity index is 2.01. The van der Waals surface area contributed by atoms with Crippen molar-refractivity contribution < 1.29 is 59.5 Å². The van der Waals surface area contributed by atoms with Crippen LogP contribution in [0.25, 0.3) is 0 Å². The number of thiol groups is 1. The number of aliphatic hydroxyl groups is 7. The van der Waals surface area contributed by atoms with Crippen molar-refractivity contribution >= 4 is 31.2 Å². The summed E-state index contributed by atoms with van der Waals surface area (Å²) in [5, 5.41) is 77.0. The molecule has 1 saturated carbocycles. The molecule has 1 aliphatic carbocycles. The van der Waals surface area contributed by atoms with Crippen molar-refractivity contribution in [3.8, 4) is 0 Å². The molecule has 0 radical (unpaired) electrons. The van der Waals surface area contributed by atoms with Gasteiger partial charge in [0.25, 0.3) is 0 Å². The number of carbonyl (C=O) groups is 1. The summed E-state index contributed by atoms with van der Waals surface area (Å²) in [4.78, 5) is 17.4. The zero-order valence-electron chi connectivity index (χ0n) is 21.6. The van der Waals surface area contributed by atoms with Crippen molar-refractivity contribution in [1.82, 2.24) is 5.32 Å². The highest BCUT2D eigenvalue weighted by Crippen LogP contribution is 2.44. The summed E-state index contributed by atoms with van der Waals surface area (Å²) in [6, 6.07) is -4.16. The van der Waals surface area contributed by atoms with Gasteiger partial charge in [-0.05, 0) is 14.0 Å². The smallest absolute Gasteiger partial charge is 0.189 e. The van der Waals surface area contributed by atoms with Gasteiger partial charge >= 0.3 is 0 Å². The number of guanidine groups is 1. The van der Waals surface area contributed by atoms with Gasteiger partial charge in [0.2, 0.25) is 0 Å². The van der Waals surface area contributed by atoms with Crippen molar-refractivity contribution in [2.75, 3.05) is 13.7 Å². The van der Waals surface area contributed by atoms with Gasteiger partial charge in [0.05, 0.1) is 25.1 Å². The largest absolute Gasteiger partial charge is 0.394 e.